The lowest BCUT2D eigenvalue weighted by atomic mass is 10.1. The van der Waals surface area contributed by atoms with Gasteiger partial charge < -0.3 is 0 Å². The number of thioether (sulfide) groups is 1. The molecule has 29 heavy (non-hydrogen) atoms. The maximum Gasteiger partial charge on any atom is 0.344 e. The Hall–Kier alpha value is -3.13. The average Bonchev–Trinajstić information content (AvgIpc) is 3.21. The summed E-state index contributed by atoms with van der Waals surface area (Å²) in [5.74, 6) is 0.298. The number of hydrogen-bond donors (Lipinski definition) is 1. The van der Waals surface area contributed by atoms with Gasteiger partial charge in [0.1, 0.15) is 0 Å². The van der Waals surface area contributed by atoms with Crippen LogP contribution in [0, 0.1) is 0 Å². The fourth-order valence-corrected chi connectivity index (χ4v) is 4.24. The van der Waals surface area contributed by atoms with Crippen LogP contribution in [0.1, 0.15) is 39.1 Å². The van der Waals surface area contributed by atoms with Gasteiger partial charge in [-0.1, -0.05) is 54.2 Å². The van der Waals surface area contributed by atoms with Crippen molar-refractivity contribution in [2.45, 2.75) is 24.5 Å². The van der Waals surface area contributed by atoms with Gasteiger partial charge >= 0.3 is 5.69 Å². The fourth-order valence-electron chi connectivity index (χ4n) is 3.30. The first-order valence-corrected chi connectivity index (χ1v) is 10.4. The van der Waals surface area contributed by atoms with Crippen molar-refractivity contribution in [1.82, 2.24) is 19.7 Å². The Labute approximate surface area is 171 Å². The number of hydrogen-bond acceptors (Lipinski definition) is 5. The van der Waals surface area contributed by atoms with Gasteiger partial charge in [-0.3, -0.25) is 19.1 Å². The molecule has 1 aliphatic rings. The van der Waals surface area contributed by atoms with Crippen molar-refractivity contribution < 1.29 is 9.59 Å². The van der Waals surface area contributed by atoms with E-state index in [1.165, 1.54) is 16.7 Å². The number of benzene rings is 2. The average molecular weight is 408 g/mol. The number of nitrogens with zero attached hydrogens (tertiary/aromatic N) is 3. The van der Waals surface area contributed by atoms with Gasteiger partial charge in [-0.25, -0.2) is 9.89 Å². The predicted molar refractivity (Wildman–Crippen MR) is 110 cm³/mol. The number of carbonyl (C=O) groups excluding carboxylic acids is 2. The van der Waals surface area contributed by atoms with E-state index in [1.807, 2.05) is 30.3 Å². The highest BCUT2D eigenvalue weighted by molar-refractivity contribution is 7.99. The molecule has 2 amide bonds. The SMILES string of the molecule is O=C1c2ccccc2C(=O)N1CCCCSc1n[nH]c(=O)n1Cc1ccccc1. The van der Waals surface area contributed by atoms with Gasteiger partial charge in [-0.05, 0) is 30.5 Å². The first-order valence-electron chi connectivity index (χ1n) is 9.42. The minimum absolute atomic E-state index is 0.220. The van der Waals surface area contributed by atoms with Crippen LogP contribution in [-0.2, 0) is 6.54 Å². The Bertz CT molecular complexity index is 1060. The second kappa shape index (κ2) is 8.48. The topological polar surface area (TPSA) is 88.1 Å². The third-order valence-electron chi connectivity index (χ3n) is 4.79. The van der Waals surface area contributed by atoms with Gasteiger partial charge in [0, 0.05) is 12.3 Å². The van der Waals surface area contributed by atoms with Gasteiger partial charge in [-0.2, -0.15) is 0 Å². The molecule has 0 saturated heterocycles. The first kappa shape index (κ1) is 19.2. The van der Waals surface area contributed by atoms with Crippen molar-refractivity contribution in [2.75, 3.05) is 12.3 Å². The Morgan fingerprint density at radius 2 is 1.52 bits per heavy atom. The predicted octanol–water partition coefficient (Wildman–Crippen LogP) is 2.79. The lowest BCUT2D eigenvalue weighted by molar-refractivity contribution is 0.0652. The summed E-state index contributed by atoms with van der Waals surface area (Å²) in [5, 5.41) is 7.25. The van der Waals surface area contributed by atoms with Crippen molar-refractivity contribution >= 4 is 23.6 Å². The van der Waals surface area contributed by atoms with E-state index >= 15 is 0 Å². The van der Waals surface area contributed by atoms with E-state index < -0.39 is 0 Å². The number of unbranched alkanes of at least 4 members (excludes halogenated alkanes) is 1. The van der Waals surface area contributed by atoms with Crippen LogP contribution in [0.2, 0.25) is 0 Å². The number of aromatic amines is 1. The van der Waals surface area contributed by atoms with Gasteiger partial charge in [0.15, 0.2) is 5.16 Å². The highest BCUT2D eigenvalue weighted by Crippen LogP contribution is 2.23. The smallest absolute Gasteiger partial charge is 0.274 e. The van der Waals surface area contributed by atoms with Crippen LogP contribution in [0.25, 0.3) is 0 Å². The second-order valence-electron chi connectivity index (χ2n) is 6.75. The lowest BCUT2D eigenvalue weighted by Crippen LogP contribution is -2.30. The van der Waals surface area contributed by atoms with Gasteiger partial charge in [0.25, 0.3) is 11.8 Å². The molecule has 0 aliphatic carbocycles. The zero-order chi connectivity index (χ0) is 20.2. The largest absolute Gasteiger partial charge is 0.344 e. The number of aromatic nitrogens is 3. The van der Waals surface area contributed by atoms with Crippen LogP contribution in [0.3, 0.4) is 0 Å². The summed E-state index contributed by atoms with van der Waals surface area (Å²) < 4.78 is 1.62. The summed E-state index contributed by atoms with van der Waals surface area (Å²) in [6.45, 7) is 0.859. The molecular formula is C21H20N4O3S. The fraction of sp³-hybridized carbons (Fsp3) is 0.238. The number of rotatable bonds is 8. The van der Waals surface area contributed by atoms with Crippen LogP contribution in [-0.4, -0.2) is 43.8 Å². The number of nitrogens with one attached hydrogen (secondary N) is 1. The maximum atomic E-state index is 12.4. The van der Waals surface area contributed by atoms with E-state index in [2.05, 4.69) is 10.2 Å². The Kier molecular flexibility index (Phi) is 5.62. The molecule has 7 nitrogen and oxygen atoms in total. The summed E-state index contributed by atoms with van der Waals surface area (Å²) in [6, 6.07) is 16.7. The molecule has 0 bridgehead atoms. The molecule has 1 aliphatic heterocycles. The van der Waals surface area contributed by atoms with E-state index in [-0.39, 0.29) is 17.5 Å². The third kappa shape index (κ3) is 4.02. The number of imide groups is 1. The number of amides is 2. The zero-order valence-electron chi connectivity index (χ0n) is 15.7. The summed E-state index contributed by atoms with van der Waals surface area (Å²) in [5.41, 5.74) is 1.76. The Morgan fingerprint density at radius 3 is 2.21 bits per heavy atom. The normalized spacial score (nSPS) is 13.2. The summed E-state index contributed by atoms with van der Waals surface area (Å²) in [7, 11) is 0. The van der Waals surface area contributed by atoms with E-state index in [0.29, 0.717) is 35.8 Å². The molecule has 1 N–H and O–H groups in total. The molecule has 4 rings (SSSR count). The molecule has 0 fully saturated rings. The summed E-state index contributed by atoms with van der Waals surface area (Å²) >= 11 is 1.49. The van der Waals surface area contributed by atoms with Crippen LogP contribution in [0.4, 0.5) is 0 Å². The summed E-state index contributed by atoms with van der Waals surface area (Å²) in [4.78, 5) is 38.1. The van der Waals surface area contributed by atoms with Crippen LogP contribution in [0.5, 0.6) is 0 Å². The molecule has 3 aromatic rings. The Balaban J connectivity index is 1.28. The van der Waals surface area contributed by atoms with Gasteiger partial charge in [-0.15, -0.1) is 5.10 Å². The Morgan fingerprint density at radius 1 is 0.862 bits per heavy atom. The van der Waals surface area contributed by atoms with Crippen molar-refractivity contribution in [3.05, 3.63) is 81.8 Å². The van der Waals surface area contributed by atoms with Crippen molar-refractivity contribution in [1.29, 1.82) is 0 Å². The van der Waals surface area contributed by atoms with Gasteiger partial charge in [0.2, 0.25) is 0 Å². The molecular weight excluding hydrogens is 388 g/mol. The molecule has 0 saturated carbocycles. The molecule has 2 aromatic carbocycles. The monoisotopic (exact) mass is 408 g/mol. The highest BCUT2D eigenvalue weighted by atomic mass is 32.2. The van der Waals surface area contributed by atoms with Crippen molar-refractivity contribution in [3.63, 3.8) is 0 Å². The zero-order valence-corrected chi connectivity index (χ0v) is 16.5. The molecule has 0 unspecified atom stereocenters. The highest BCUT2D eigenvalue weighted by Gasteiger charge is 2.34. The van der Waals surface area contributed by atoms with Crippen LogP contribution in [0.15, 0.2) is 64.5 Å². The molecule has 8 heteroatoms. The minimum Gasteiger partial charge on any atom is -0.274 e. The number of H-pyrrole nitrogens is 1. The number of carbonyl (C=O) groups is 2. The van der Waals surface area contributed by atoms with E-state index in [0.717, 1.165) is 17.7 Å². The van der Waals surface area contributed by atoms with Crippen LogP contribution < -0.4 is 5.69 Å². The van der Waals surface area contributed by atoms with E-state index in [4.69, 9.17) is 0 Å². The molecule has 0 radical (unpaired) electrons. The van der Waals surface area contributed by atoms with E-state index in [9.17, 15) is 14.4 Å². The molecule has 148 valence electrons. The standard InChI is InChI=1S/C21H20N4O3S/c26-18-16-10-4-5-11-17(16)19(27)24(18)12-6-7-13-29-21-23-22-20(28)25(21)14-15-8-2-1-3-9-15/h1-5,8-11H,6-7,12-14H2,(H,22,28). The molecule has 0 spiro atoms. The third-order valence-corrected chi connectivity index (χ3v) is 5.85. The van der Waals surface area contributed by atoms with Crippen LogP contribution >= 0.6 is 11.8 Å². The molecule has 1 aromatic heterocycles. The van der Waals surface area contributed by atoms with Crippen molar-refractivity contribution in [2.24, 2.45) is 0 Å². The molecule has 2 heterocycles. The minimum atomic E-state index is -0.234. The first-order chi connectivity index (χ1) is 14.1. The lowest BCUT2D eigenvalue weighted by Gasteiger charge is -2.13. The second-order valence-corrected chi connectivity index (χ2v) is 7.81. The van der Waals surface area contributed by atoms with Crippen molar-refractivity contribution in [3.8, 4) is 0 Å². The van der Waals surface area contributed by atoms with Gasteiger partial charge in [0.05, 0.1) is 17.7 Å². The quantitative estimate of drug-likeness (QED) is 0.352. The summed E-state index contributed by atoms with van der Waals surface area (Å²) in [6.07, 6.45) is 1.50. The van der Waals surface area contributed by atoms with E-state index in [1.54, 1.807) is 28.8 Å². The number of fused-ring (bicyclic) bond motifs is 1. The maximum absolute atomic E-state index is 12.4. The molecule has 0 atom stereocenters.